The summed E-state index contributed by atoms with van der Waals surface area (Å²) in [5.74, 6) is -5.05. The van der Waals surface area contributed by atoms with E-state index in [4.69, 9.17) is 37.9 Å². The Morgan fingerprint density at radius 3 is 0.434 bits per heavy atom. The van der Waals surface area contributed by atoms with Gasteiger partial charge < -0.3 is 104 Å². The van der Waals surface area contributed by atoms with Gasteiger partial charge in [0.1, 0.15) is 0 Å². The topological polar surface area (TPSA) is 408 Å². The van der Waals surface area contributed by atoms with Gasteiger partial charge in [-0.2, -0.15) is 0 Å². The summed E-state index contributed by atoms with van der Waals surface area (Å²) in [6.45, 7) is 9.49. The molecule has 0 aromatic heterocycles. The van der Waals surface area contributed by atoms with Crippen LogP contribution in [0.5, 0.6) is 0 Å². The molecule has 0 atom stereocenters. The number of methoxy groups -OCH3 is 8. The summed E-state index contributed by atoms with van der Waals surface area (Å²) >= 11 is 0. The second-order valence-corrected chi connectivity index (χ2v) is 22.7. The van der Waals surface area contributed by atoms with Crippen LogP contribution >= 0.6 is 0 Å². The van der Waals surface area contributed by atoms with Crippen molar-refractivity contribution in [2.24, 2.45) is 0 Å². The third kappa shape index (κ3) is 52.1. The van der Waals surface area contributed by atoms with Crippen molar-refractivity contribution in [3.63, 3.8) is 0 Å². The Balaban J connectivity index is 5.81. The summed E-state index contributed by atoms with van der Waals surface area (Å²) in [4.78, 5) is 187. The van der Waals surface area contributed by atoms with Gasteiger partial charge in [0.05, 0.1) is 108 Å². The Hall–Kier alpha value is -7.70. The van der Waals surface area contributed by atoms with Gasteiger partial charge in [0.25, 0.3) is 0 Å². The first-order valence-corrected chi connectivity index (χ1v) is 33.7. The molecule has 0 radical (unpaired) electrons. The predicted octanol–water partition coefficient (Wildman–Crippen LogP) is -3.34. The van der Waals surface area contributed by atoms with Crippen LogP contribution < -0.4 is 31.9 Å². The molecule has 0 fully saturated rings. The van der Waals surface area contributed by atoms with Crippen LogP contribution in [-0.4, -0.2) is 351 Å². The minimum atomic E-state index is -0.423. The summed E-state index contributed by atoms with van der Waals surface area (Å²) < 4.78 is 38.0. The number of ether oxygens (including phenoxy) is 8. The van der Waals surface area contributed by atoms with Crippen molar-refractivity contribution in [3.8, 4) is 0 Å². The van der Waals surface area contributed by atoms with E-state index in [0.29, 0.717) is 98.2 Å². The molecule has 0 heterocycles. The smallest absolute Gasteiger partial charge is 0.306 e. The number of rotatable bonds is 61. The minimum Gasteiger partial charge on any atom is -0.469 e. The van der Waals surface area contributed by atoms with Gasteiger partial charge in [0.2, 0.25) is 35.4 Å². The third-order valence-corrected chi connectivity index (χ3v) is 15.8. The van der Waals surface area contributed by atoms with Crippen LogP contribution in [0.1, 0.15) is 96.8 Å². The molecule has 0 bridgehead atoms. The molecule has 568 valence electrons. The fourth-order valence-corrected chi connectivity index (χ4v) is 9.46. The molecule has 0 saturated heterocycles. The van der Waals surface area contributed by atoms with E-state index in [1.54, 1.807) is 0 Å². The van der Waals surface area contributed by atoms with E-state index in [1.165, 1.54) is 56.9 Å². The molecule has 0 saturated carbocycles. The molecule has 0 aromatic carbocycles. The molecule has 0 aromatic rings. The van der Waals surface area contributed by atoms with Crippen LogP contribution in [-0.2, 0) is 105 Å². The quantitative estimate of drug-likeness (QED) is 0.0256. The molecule has 0 spiro atoms. The molecule has 0 aliphatic heterocycles. The van der Waals surface area contributed by atoms with Crippen LogP contribution in [0.15, 0.2) is 0 Å². The molecular formula is C64H115N13O22. The predicted molar refractivity (Wildman–Crippen MR) is 360 cm³/mol. The van der Waals surface area contributed by atoms with Crippen LogP contribution in [0.25, 0.3) is 0 Å². The van der Waals surface area contributed by atoms with Gasteiger partial charge in [-0.3, -0.25) is 67.1 Å². The van der Waals surface area contributed by atoms with E-state index in [2.05, 4.69) is 31.9 Å². The number of carbonyl (C=O) groups is 14. The standard InChI is InChI=1S/C64H115N13O22/c1-10-71(31-11-51(78)65-25-45-72(33-13-53(80)67-27-47-74(37-17-57(84)92-2)38-18-58(85)93-3)34-14-54(81)68-28-48-75(39-19-59(86)94-4)40-20-60(87)95-5)32-12-52(79)66-26-46-73(35-15-55(82)69-29-49-76(41-21-61(88)96-6)42-22-62(89)97-7)36-16-56(83)70-30-50-77(43-23-63(90)98-8)44-24-64(91)99-9/h10-50H2,1-9H3,(H,65,78)(H,66,79)(H,67,80)(H,68,81)(H,69,82)(H,70,83). The summed E-state index contributed by atoms with van der Waals surface area (Å²) in [6.07, 6.45) is 1.05. The molecule has 0 aliphatic carbocycles. The van der Waals surface area contributed by atoms with Gasteiger partial charge in [-0.15, -0.1) is 0 Å². The monoisotopic (exact) mass is 1420 g/mol. The maximum absolute atomic E-state index is 13.2. The molecule has 35 nitrogen and oxygen atoms in total. The highest BCUT2D eigenvalue weighted by molar-refractivity contribution is 5.79. The fourth-order valence-electron chi connectivity index (χ4n) is 9.46. The van der Waals surface area contributed by atoms with Gasteiger partial charge >= 0.3 is 47.8 Å². The molecule has 0 aliphatic rings. The molecule has 99 heavy (non-hydrogen) atoms. The van der Waals surface area contributed by atoms with E-state index in [-0.39, 0.29) is 204 Å². The lowest BCUT2D eigenvalue weighted by Crippen LogP contribution is -2.42. The van der Waals surface area contributed by atoms with Gasteiger partial charge in [-0.1, -0.05) is 6.92 Å². The van der Waals surface area contributed by atoms with Crippen molar-refractivity contribution >= 4 is 83.2 Å². The number of nitrogens with zero attached hydrogens (tertiary/aromatic N) is 7. The summed E-state index contributed by atoms with van der Waals surface area (Å²) in [7, 11) is 10.2. The maximum Gasteiger partial charge on any atom is 0.306 e. The zero-order valence-corrected chi connectivity index (χ0v) is 60.1. The average Bonchev–Trinajstić information content (AvgIpc) is 2.32. The van der Waals surface area contributed by atoms with Gasteiger partial charge in [-0.05, 0) is 6.54 Å². The van der Waals surface area contributed by atoms with Crippen LogP contribution in [0, 0.1) is 0 Å². The van der Waals surface area contributed by atoms with Crippen molar-refractivity contribution in [1.82, 2.24) is 66.2 Å². The van der Waals surface area contributed by atoms with E-state index in [9.17, 15) is 67.1 Å². The second kappa shape index (κ2) is 59.2. The summed E-state index contributed by atoms with van der Waals surface area (Å²) in [5.41, 5.74) is 0. The molecule has 6 amide bonds. The van der Waals surface area contributed by atoms with Crippen molar-refractivity contribution in [2.75, 3.05) is 234 Å². The zero-order valence-electron chi connectivity index (χ0n) is 60.1. The van der Waals surface area contributed by atoms with Crippen molar-refractivity contribution in [2.45, 2.75) is 96.8 Å². The number of carbonyl (C=O) groups excluding carboxylic acids is 14. The van der Waals surface area contributed by atoms with Crippen molar-refractivity contribution in [3.05, 3.63) is 0 Å². The highest BCUT2D eigenvalue weighted by Crippen LogP contribution is 2.05. The van der Waals surface area contributed by atoms with Crippen molar-refractivity contribution < 1.29 is 105 Å². The van der Waals surface area contributed by atoms with Crippen LogP contribution in [0.3, 0.4) is 0 Å². The molecule has 35 heteroatoms. The highest BCUT2D eigenvalue weighted by Gasteiger charge is 2.20. The third-order valence-electron chi connectivity index (χ3n) is 15.8. The lowest BCUT2D eigenvalue weighted by molar-refractivity contribution is -0.142. The lowest BCUT2D eigenvalue weighted by atomic mass is 10.2. The Morgan fingerprint density at radius 1 is 0.192 bits per heavy atom. The first-order valence-electron chi connectivity index (χ1n) is 33.7. The van der Waals surface area contributed by atoms with Crippen LogP contribution in [0.4, 0.5) is 0 Å². The van der Waals surface area contributed by atoms with Crippen LogP contribution in [0.2, 0.25) is 0 Å². The van der Waals surface area contributed by atoms with Crippen molar-refractivity contribution in [1.29, 1.82) is 0 Å². The maximum atomic E-state index is 13.2. The number of esters is 8. The van der Waals surface area contributed by atoms with E-state index >= 15 is 0 Å². The minimum absolute atomic E-state index is 0.0440. The molecule has 0 unspecified atom stereocenters. The zero-order chi connectivity index (χ0) is 74.0. The fraction of sp³-hybridized carbons (Fsp3) is 0.781. The van der Waals surface area contributed by atoms with Gasteiger partial charge in [-0.25, -0.2) is 0 Å². The van der Waals surface area contributed by atoms with E-state index < -0.39 is 47.8 Å². The Morgan fingerprint density at radius 2 is 0.313 bits per heavy atom. The molecule has 0 rings (SSSR count). The highest BCUT2D eigenvalue weighted by atomic mass is 16.5. The molecule has 6 N–H and O–H groups in total. The van der Waals surface area contributed by atoms with Gasteiger partial charge in [0, 0.05) is 209 Å². The Labute approximate surface area is 583 Å². The van der Waals surface area contributed by atoms with E-state index in [0.717, 1.165) is 0 Å². The lowest BCUT2D eigenvalue weighted by Gasteiger charge is -2.24. The first kappa shape index (κ1) is 91.3. The SMILES string of the molecule is CCN(CCC(=O)NCCN(CCC(=O)NCCN(CCC(=O)OC)CCC(=O)OC)CCC(=O)NCCN(CCC(=O)OC)CCC(=O)OC)CCC(=O)NCCN(CCC(=O)NCCN(CCC(=O)OC)CCC(=O)OC)CCC(=O)NCCN(CCC(=O)OC)CCC(=O)OC. The average molecular weight is 1420 g/mol. The summed E-state index contributed by atoms with van der Waals surface area (Å²) in [6, 6.07) is 0. The second-order valence-electron chi connectivity index (χ2n) is 22.7. The largest absolute Gasteiger partial charge is 0.469 e. The first-order chi connectivity index (χ1) is 47.5. The Bertz CT molecular complexity index is 2040. The molecular weight excluding hydrogens is 1300 g/mol. The number of amides is 6. The normalized spacial score (nSPS) is 11.1. The Kier molecular flexibility index (Phi) is 54.6. The number of hydrogen-bond acceptors (Lipinski definition) is 29. The number of hydrogen-bond donors (Lipinski definition) is 6. The summed E-state index contributed by atoms with van der Waals surface area (Å²) in [5, 5.41) is 17.3. The van der Waals surface area contributed by atoms with Gasteiger partial charge in [0.15, 0.2) is 0 Å². The number of nitrogens with one attached hydrogen (secondary N) is 6. The van der Waals surface area contributed by atoms with E-state index in [1.807, 2.05) is 41.2 Å².